The summed E-state index contributed by atoms with van der Waals surface area (Å²) in [6.07, 6.45) is 0.799. The van der Waals surface area contributed by atoms with Gasteiger partial charge >= 0.3 is 5.97 Å². The average molecular weight is 228 g/mol. The van der Waals surface area contributed by atoms with E-state index in [0.717, 1.165) is 13.0 Å². The second-order valence-electron chi connectivity index (χ2n) is 4.67. The van der Waals surface area contributed by atoms with Crippen LogP contribution in [-0.4, -0.2) is 48.1 Å². The van der Waals surface area contributed by atoms with Gasteiger partial charge in [0.05, 0.1) is 5.92 Å². The van der Waals surface area contributed by atoms with E-state index in [2.05, 4.69) is 5.32 Å². The van der Waals surface area contributed by atoms with E-state index in [9.17, 15) is 9.59 Å². The number of likely N-dealkylation sites (N-methyl/N-ethyl adjacent to an activating group) is 1. The molecule has 5 heteroatoms. The average Bonchev–Trinajstić information content (AvgIpc) is 2.67. The van der Waals surface area contributed by atoms with Crippen LogP contribution in [0.3, 0.4) is 0 Å². The molecule has 0 aromatic carbocycles. The number of carboxylic acids is 1. The Morgan fingerprint density at radius 1 is 1.44 bits per heavy atom. The van der Waals surface area contributed by atoms with Crippen molar-refractivity contribution < 1.29 is 14.7 Å². The summed E-state index contributed by atoms with van der Waals surface area (Å²) in [5.74, 6) is -1.14. The molecule has 0 spiro atoms. The SMILES string of the molecule is CC(C)[C@H](C(=O)O)N(C)C(=O)[C@H]1CCNC1. The highest BCUT2D eigenvalue weighted by atomic mass is 16.4. The van der Waals surface area contributed by atoms with Crippen molar-refractivity contribution in [2.24, 2.45) is 11.8 Å². The van der Waals surface area contributed by atoms with Gasteiger partial charge in [0.25, 0.3) is 0 Å². The van der Waals surface area contributed by atoms with Crippen LogP contribution in [0.5, 0.6) is 0 Å². The number of amides is 1. The van der Waals surface area contributed by atoms with Gasteiger partial charge < -0.3 is 15.3 Å². The summed E-state index contributed by atoms with van der Waals surface area (Å²) >= 11 is 0. The van der Waals surface area contributed by atoms with Gasteiger partial charge in [0.1, 0.15) is 6.04 Å². The van der Waals surface area contributed by atoms with Crippen LogP contribution in [0.25, 0.3) is 0 Å². The van der Waals surface area contributed by atoms with E-state index in [1.807, 2.05) is 13.8 Å². The zero-order valence-corrected chi connectivity index (χ0v) is 10.1. The molecule has 0 aromatic rings. The van der Waals surface area contributed by atoms with Crippen molar-refractivity contribution in [3.63, 3.8) is 0 Å². The topological polar surface area (TPSA) is 69.6 Å². The van der Waals surface area contributed by atoms with Crippen LogP contribution in [0.15, 0.2) is 0 Å². The molecule has 1 aliphatic rings. The van der Waals surface area contributed by atoms with Gasteiger partial charge in [-0.25, -0.2) is 4.79 Å². The highest BCUT2D eigenvalue weighted by molar-refractivity contribution is 5.85. The minimum atomic E-state index is -0.934. The van der Waals surface area contributed by atoms with E-state index < -0.39 is 12.0 Å². The molecule has 1 heterocycles. The first-order chi connectivity index (χ1) is 7.45. The van der Waals surface area contributed by atoms with Gasteiger partial charge in [-0.3, -0.25) is 4.79 Å². The summed E-state index contributed by atoms with van der Waals surface area (Å²) in [7, 11) is 1.58. The molecule has 0 bridgehead atoms. The van der Waals surface area contributed by atoms with E-state index in [0.29, 0.717) is 6.54 Å². The minimum absolute atomic E-state index is 0.0638. The summed E-state index contributed by atoms with van der Waals surface area (Å²) in [5.41, 5.74) is 0. The standard InChI is InChI=1S/C11H20N2O3/c1-7(2)9(11(15)16)13(3)10(14)8-4-5-12-6-8/h7-9,12H,4-6H2,1-3H3,(H,15,16)/t8-,9+/m0/s1. The Hall–Kier alpha value is -1.10. The number of aliphatic carboxylic acids is 1. The molecular weight excluding hydrogens is 208 g/mol. The zero-order chi connectivity index (χ0) is 12.3. The normalized spacial score (nSPS) is 22.1. The van der Waals surface area contributed by atoms with Crippen LogP contribution in [0, 0.1) is 11.8 Å². The van der Waals surface area contributed by atoms with Crippen molar-refractivity contribution >= 4 is 11.9 Å². The van der Waals surface area contributed by atoms with Crippen LogP contribution in [0.2, 0.25) is 0 Å². The van der Waals surface area contributed by atoms with E-state index in [1.54, 1.807) is 7.05 Å². The van der Waals surface area contributed by atoms with Crippen molar-refractivity contribution in [1.29, 1.82) is 0 Å². The minimum Gasteiger partial charge on any atom is -0.480 e. The quantitative estimate of drug-likeness (QED) is 0.719. The summed E-state index contributed by atoms with van der Waals surface area (Å²) in [5, 5.41) is 12.2. The molecule has 0 aromatic heterocycles. The molecule has 92 valence electrons. The van der Waals surface area contributed by atoms with Gasteiger partial charge in [0.15, 0.2) is 0 Å². The molecular formula is C11H20N2O3. The van der Waals surface area contributed by atoms with Crippen LogP contribution in [0.4, 0.5) is 0 Å². The number of carbonyl (C=O) groups excluding carboxylic acids is 1. The Balaban J connectivity index is 2.69. The number of carbonyl (C=O) groups is 2. The zero-order valence-electron chi connectivity index (χ0n) is 10.1. The number of rotatable bonds is 4. The second-order valence-corrected chi connectivity index (χ2v) is 4.67. The monoisotopic (exact) mass is 228 g/mol. The third-order valence-electron chi connectivity index (χ3n) is 3.06. The molecule has 1 amide bonds. The second kappa shape index (κ2) is 5.30. The highest BCUT2D eigenvalue weighted by Gasteiger charge is 2.33. The van der Waals surface area contributed by atoms with Crippen molar-refractivity contribution in [2.45, 2.75) is 26.3 Å². The Labute approximate surface area is 95.8 Å². The first-order valence-corrected chi connectivity index (χ1v) is 5.65. The smallest absolute Gasteiger partial charge is 0.326 e. The number of nitrogens with zero attached hydrogens (tertiary/aromatic N) is 1. The van der Waals surface area contributed by atoms with Crippen LogP contribution in [-0.2, 0) is 9.59 Å². The van der Waals surface area contributed by atoms with E-state index in [-0.39, 0.29) is 17.7 Å². The largest absolute Gasteiger partial charge is 0.480 e. The third kappa shape index (κ3) is 2.72. The number of hydrogen-bond acceptors (Lipinski definition) is 3. The maximum Gasteiger partial charge on any atom is 0.326 e. The fourth-order valence-electron chi connectivity index (χ4n) is 2.19. The first kappa shape index (κ1) is 13.0. The Bertz CT molecular complexity index is 272. The lowest BCUT2D eigenvalue weighted by molar-refractivity contribution is -0.152. The van der Waals surface area contributed by atoms with Gasteiger partial charge in [0, 0.05) is 13.6 Å². The Morgan fingerprint density at radius 2 is 2.06 bits per heavy atom. The van der Waals surface area contributed by atoms with Crippen LogP contribution in [0.1, 0.15) is 20.3 Å². The van der Waals surface area contributed by atoms with Crippen molar-refractivity contribution in [3.05, 3.63) is 0 Å². The van der Waals surface area contributed by atoms with E-state index in [1.165, 1.54) is 4.90 Å². The molecule has 2 atom stereocenters. The fraction of sp³-hybridized carbons (Fsp3) is 0.818. The van der Waals surface area contributed by atoms with Crippen molar-refractivity contribution in [2.75, 3.05) is 20.1 Å². The molecule has 1 fully saturated rings. The summed E-state index contributed by atoms with van der Waals surface area (Å²) in [6, 6.07) is -0.729. The van der Waals surface area contributed by atoms with Crippen LogP contribution >= 0.6 is 0 Å². The molecule has 2 N–H and O–H groups in total. The Kier molecular flexibility index (Phi) is 4.29. The van der Waals surface area contributed by atoms with Gasteiger partial charge in [-0.2, -0.15) is 0 Å². The number of nitrogens with one attached hydrogen (secondary N) is 1. The molecule has 1 aliphatic heterocycles. The third-order valence-corrected chi connectivity index (χ3v) is 3.06. The lowest BCUT2D eigenvalue weighted by Gasteiger charge is -2.29. The molecule has 0 saturated carbocycles. The summed E-state index contributed by atoms with van der Waals surface area (Å²) in [4.78, 5) is 24.5. The first-order valence-electron chi connectivity index (χ1n) is 5.65. The van der Waals surface area contributed by atoms with Gasteiger partial charge in [0.2, 0.25) is 5.91 Å². The van der Waals surface area contributed by atoms with Crippen LogP contribution < -0.4 is 5.32 Å². The molecule has 5 nitrogen and oxygen atoms in total. The molecule has 0 radical (unpaired) electrons. The van der Waals surface area contributed by atoms with E-state index >= 15 is 0 Å². The highest BCUT2D eigenvalue weighted by Crippen LogP contribution is 2.16. The predicted octanol–water partition coefficient (Wildman–Crippen LogP) is 0.164. The molecule has 1 saturated heterocycles. The maximum atomic E-state index is 12.0. The van der Waals surface area contributed by atoms with Gasteiger partial charge in [-0.05, 0) is 18.9 Å². The summed E-state index contributed by atoms with van der Waals surface area (Å²) < 4.78 is 0. The lowest BCUT2D eigenvalue weighted by atomic mass is 10.0. The maximum absolute atomic E-state index is 12.0. The van der Waals surface area contributed by atoms with Crippen molar-refractivity contribution in [3.8, 4) is 0 Å². The molecule has 16 heavy (non-hydrogen) atoms. The lowest BCUT2D eigenvalue weighted by Crippen LogP contribution is -2.48. The predicted molar refractivity (Wildman–Crippen MR) is 60.0 cm³/mol. The number of carboxylic acid groups (broad SMARTS) is 1. The Morgan fingerprint density at radius 3 is 2.44 bits per heavy atom. The molecule has 0 unspecified atom stereocenters. The van der Waals surface area contributed by atoms with E-state index in [4.69, 9.17) is 5.11 Å². The van der Waals surface area contributed by atoms with Gasteiger partial charge in [-0.15, -0.1) is 0 Å². The molecule has 0 aliphatic carbocycles. The van der Waals surface area contributed by atoms with Crippen molar-refractivity contribution in [1.82, 2.24) is 10.2 Å². The fourth-order valence-corrected chi connectivity index (χ4v) is 2.19. The van der Waals surface area contributed by atoms with Gasteiger partial charge in [-0.1, -0.05) is 13.8 Å². The number of hydrogen-bond donors (Lipinski definition) is 2. The summed E-state index contributed by atoms with van der Waals surface area (Å²) in [6.45, 7) is 5.13. The molecule has 1 rings (SSSR count).